The van der Waals surface area contributed by atoms with Gasteiger partial charge < -0.3 is 0 Å². The minimum absolute atomic E-state index is 0.182. The standard InChI is InChI=1S/C29H30O/c1-16(2)20-7-6-8-23-25(20)15-26-24(29(23)30)14-11-19-10-13-21-22(28(19)26)12-9-18(5)27(21)17(3)4/h6-14,16-18,27H,15H2,1-5H3. The highest BCUT2D eigenvalue weighted by Gasteiger charge is 2.31. The van der Waals surface area contributed by atoms with Crippen molar-refractivity contribution in [3.63, 3.8) is 0 Å². The van der Waals surface area contributed by atoms with Gasteiger partial charge in [-0.3, -0.25) is 4.79 Å². The first-order chi connectivity index (χ1) is 14.4. The number of allylic oxidation sites excluding steroid dienone is 1. The molecule has 2 aliphatic carbocycles. The number of hydrogen-bond donors (Lipinski definition) is 0. The van der Waals surface area contributed by atoms with E-state index in [4.69, 9.17) is 0 Å². The summed E-state index contributed by atoms with van der Waals surface area (Å²) < 4.78 is 0. The normalized spacial score (nSPS) is 19.9. The van der Waals surface area contributed by atoms with Gasteiger partial charge in [0.1, 0.15) is 0 Å². The van der Waals surface area contributed by atoms with Crippen molar-refractivity contribution in [2.24, 2.45) is 11.8 Å². The third-order valence-corrected chi connectivity index (χ3v) is 7.26. The van der Waals surface area contributed by atoms with E-state index in [9.17, 15) is 4.79 Å². The zero-order valence-corrected chi connectivity index (χ0v) is 18.6. The van der Waals surface area contributed by atoms with Crippen LogP contribution in [0.1, 0.15) is 90.2 Å². The third-order valence-electron chi connectivity index (χ3n) is 7.26. The van der Waals surface area contributed by atoms with E-state index in [2.05, 4.69) is 71.0 Å². The van der Waals surface area contributed by atoms with Crippen LogP contribution in [0.4, 0.5) is 0 Å². The Morgan fingerprint density at radius 2 is 1.63 bits per heavy atom. The van der Waals surface area contributed by atoms with Gasteiger partial charge in [-0.1, -0.05) is 89.2 Å². The molecule has 152 valence electrons. The predicted octanol–water partition coefficient (Wildman–Crippen LogP) is 7.50. The molecule has 0 saturated carbocycles. The number of benzene rings is 3. The van der Waals surface area contributed by atoms with Crippen LogP contribution in [0.3, 0.4) is 0 Å². The van der Waals surface area contributed by atoms with Gasteiger partial charge in [0.2, 0.25) is 0 Å². The molecule has 2 unspecified atom stereocenters. The number of ketones is 1. The van der Waals surface area contributed by atoms with Crippen LogP contribution >= 0.6 is 0 Å². The van der Waals surface area contributed by atoms with Crippen LogP contribution in [0.5, 0.6) is 0 Å². The van der Waals surface area contributed by atoms with Crippen LogP contribution in [0, 0.1) is 11.8 Å². The molecule has 0 heterocycles. The van der Waals surface area contributed by atoms with Crippen LogP contribution in [0.2, 0.25) is 0 Å². The van der Waals surface area contributed by atoms with Crippen LogP contribution in [0.15, 0.2) is 48.5 Å². The van der Waals surface area contributed by atoms with E-state index in [0.29, 0.717) is 23.7 Å². The molecule has 3 aromatic rings. The predicted molar refractivity (Wildman–Crippen MR) is 126 cm³/mol. The van der Waals surface area contributed by atoms with Crippen LogP contribution in [-0.2, 0) is 6.42 Å². The zero-order valence-electron chi connectivity index (χ0n) is 18.6. The molecule has 1 heteroatoms. The molecule has 0 N–H and O–H groups in total. The molecular weight excluding hydrogens is 364 g/mol. The molecule has 3 aromatic carbocycles. The summed E-state index contributed by atoms with van der Waals surface area (Å²) >= 11 is 0. The minimum atomic E-state index is 0.182. The molecule has 1 nitrogen and oxygen atoms in total. The maximum Gasteiger partial charge on any atom is 0.193 e. The van der Waals surface area contributed by atoms with E-state index in [0.717, 1.165) is 17.5 Å². The zero-order chi connectivity index (χ0) is 21.2. The van der Waals surface area contributed by atoms with E-state index in [1.54, 1.807) is 0 Å². The van der Waals surface area contributed by atoms with Gasteiger partial charge in [-0.15, -0.1) is 0 Å². The fraction of sp³-hybridized carbons (Fsp3) is 0.345. The molecule has 30 heavy (non-hydrogen) atoms. The summed E-state index contributed by atoms with van der Waals surface area (Å²) in [5, 5.41) is 2.53. The Morgan fingerprint density at radius 3 is 2.37 bits per heavy atom. The van der Waals surface area contributed by atoms with E-state index >= 15 is 0 Å². The van der Waals surface area contributed by atoms with Crippen molar-refractivity contribution in [2.75, 3.05) is 0 Å². The van der Waals surface area contributed by atoms with Gasteiger partial charge in [-0.05, 0) is 68.7 Å². The molecule has 2 aliphatic rings. The van der Waals surface area contributed by atoms with Crippen molar-refractivity contribution in [3.05, 3.63) is 87.5 Å². The Kier molecular flexibility index (Phi) is 4.47. The summed E-state index contributed by atoms with van der Waals surface area (Å²) in [6.07, 6.45) is 5.52. The molecular formula is C29H30O. The Bertz CT molecular complexity index is 1210. The summed E-state index contributed by atoms with van der Waals surface area (Å²) in [5.74, 6) is 2.22. The second kappa shape index (κ2) is 6.94. The van der Waals surface area contributed by atoms with Crippen molar-refractivity contribution < 1.29 is 4.79 Å². The lowest BCUT2D eigenvalue weighted by molar-refractivity contribution is 0.103. The van der Waals surface area contributed by atoms with Crippen molar-refractivity contribution in [3.8, 4) is 0 Å². The number of carbonyl (C=O) groups excluding carboxylic acids is 1. The van der Waals surface area contributed by atoms with Gasteiger partial charge in [-0.2, -0.15) is 0 Å². The number of rotatable bonds is 2. The van der Waals surface area contributed by atoms with Crippen LogP contribution < -0.4 is 0 Å². The van der Waals surface area contributed by atoms with E-state index < -0.39 is 0 Å². The summed E-state index contributed by atoms with van der Waals surface area (Å²) in [7, 11) is 0. The summed E-state index contributed by atoms with van der Waals surface area (Å²) in [4.78, 5) is 13.5. The Balaban J connectivity index is 1.80. The molecule has 0 aromatic heterocycles. The first-order valence-electron chi connectivity index (χ1n) is 11.3. The van der Waals surface area contributed by atoms with Gasteiger partial charge in [0, 0.05) is 11.1 Å². The monoisotopic (exact) mass is 394 g/mol. The van der Waals surface area contributed by atoms with Crippen molar-refractivity contribution in [2.45, 2.75) is 52.9 Å². The second-order valence-corrected chi connectivity index (χ2v) is 9.78. The minimum Gasteiger partial charge on any atom is -0.289 e. The topological polar surface area (TPSA) is 17.1 Å². The average molecular weight is 395 g/mol. The third kappa shape index (κ3) is 2.71. The number of hydrogen-bond acceptors (Lipinski definition) is 1. The molecule has 0 aliphatic heterocycles. The lowest BCUT2D eigenvalue weighted by atomic mass is 9.71. The van der Waals surface area contributed by atoms with Gasteiger partial charge in [0.25, 0.3) is 0 Å². The molecule has 5 rings (SSSR count). The molecule has 2 atom stereocenters. The van der Waals surface area contributed by atoms with Gasteiger partial charge >= 0.3 is 0 Å². The average Bonchev–Trinajstić information content (AvgIpc) is 2.72. The van der Waals surface area contributed by atoms with E-state index in [-0.39, 0.29) is 5.78 Å². The number of fused-ring (bicyclic) bond motifs is 6. The van der Waals surface area contributed by atoms with E-state index in [1.807, 2.05) is 18.2 Å². The van der Waals surface area contributed by atoms with Gasteiger partial charge in [0.05, 0.1) is 0 Å². The first-order valence-corrected chi connectivity index (χ1v) is 11.3. The SMILES string of the molecule is CC(C)c1cccc2c1Cc1c(ccc3ccc4c(c13)C=CC(C)C4C(C)C)C2=O. The molecule has 0 bridgehead atoms. The fourth-order valence-corrected chi connectivity index (χ4v) is 5.90. The van der Waals surface area contributed by atoms with Crippen molar-refractivity contribution in [1.29, 1.82) is 0 Å². The maximum atomic E-state index is 13.5. The van der Waals surface area contributed by atoms with Gasteiger partial charge in [-0.25, -0.2) is 0 Å². The molecule has 0 radical (unpaired) electrons. The maximum absolute atomic E-state index is 13.5. The molecule has 0 fully saturated rings. The highest BCUT2D eigenvalue weighted by molar-refractivity contribution is 6.15. The van der Waals surface area contributed by atoms with Crippen molar-refractivity contribution >= 4 is 22.6 Å². The summed E-state index contributed by atoms with van der Waals surface area (Å²) in [6.45, 7) is 11.4. The van der Waals surface area contributed by atoms with Crippen LogP contribution in [-0.4, -0.2) is 5.78 Å². The summed E-state index contributed by atoms with van der Waals surface area (Å²) in [6, 6.07) is 15.0. The van der Waals surface area contributed by atoms with Crippen LogP contribution in [0.25, 0.3) is 16.8 Å². The first kappa shape index (κ1) is 19.3. The Hall–Kier alpha value is -2.67. The Labute approximate surface area is 179 Å². The lowest BCUT2D eigenvalue weighted by Gasteiger charge is -2.32. The molecule has 0 spiro atoms. The number of carbonyl (C=O) groups is 1. The van der Waals surface area contributed by atoms with Gasteiger partial charge in [0.15, 0.2) is 5.78 Å². The Morgan fingerprint density at radius 1 is 0.900 bits per heavy atom. The highest BCUT2D eigenvalue weighted by Crippen LogP contribution is 2.44. The van der Waals surface area contributed by atoms with Crippen molar-refractivity contribution in [1.82, 2.24) is 0 Å². The quantitative estimate of drug-likeness (QED) is 0.344. The second-order valence-electron chi connectivity index (χ2n) is 9.78. The summed E-state index contributed by atoms with van der Waals surface area (Å²) in [5.41, 5.74) is 8.30. The molecule has 0 amide bonds. The largest absolute Gasteiger partial charge is 0.289 e. The lowest BCUT2D eigenvalue weighted by Crippen LogP contribution is -2.20. The molecule has 0 saturated heterocycles. The smallest absolute Gasteiger partial charge is 0.193 e. The fourth-order valence-electron chi connectivity index (χ4n) is 5.90. The highest BCUT2D eigenvalue weighted by atomic mass is 16.1. The van der Waals surface area contributed by atoms with E-state index in [1.165, 1.54) is 38.6 Å².